The van der Waals surface area contributed by atoms with Crippen molar-refractivity contribution in [3.8, 4) is 0 Å². The van der Waals surface area contributed by atoms with Gasteiger partial charge in [0, 0.05) is 138 Å². The van der Waals surface area contributed by atoms with Crippen molar-refractivity contribution in [3.05, 3.63) is 94.5 Å². The molecule has 3 unspecified atom stereocenters. The van der Waals surface area contributed by atoms with Crippen LogP contribution in [0.3, 0.4) is 0 Å². The molecule has 20 nitrogen and oxygen atoms in total. The molecule has 4 heterocycles. The lowest BCUT2D eigenvalue weighted by Gasteiger charge is -2.37. The third-order valence-corrected chi connectivity index (χ3v) is 18.4. The molecule has 0 bridgehead atoms. The Hall–Kier alpha value is -6.62. The number of ether oxygens (including phenoxy) is 1. The standard InChI is InChI=1S/C62H85N9O11S2/c1-9-41(4)46(35-53(74)50-37-66(50)6)60(79)67(7)49(40(2)3)36-54(82-42(5)72)59-65-48(38-84-59)61(80)68(8)51(39-83-45-22-14-11-15-23-45)52(73)34-44(21-16-17-27-63)58(78)64-47(33-43-19-12-10-13-20-43)62(81)70-31-29-69(30-32-70)55(75)24-18-28-71-56(76)25-26-57(71)77/h10-15,19-20,22-23,25-26,38,40-41,44,46-47,49-51,54H,9,16-18,21,24,27-37,39,63H2,1-8H3,(H,64,78)/t41-,44-,46?,47-,49+,50?,51-,54+,66?/m0/s1. The summed E-state index contributed by atoms with van der Waals surface area (Å²) >= 11 is 2.50. The molecule has 1 aromatic heterocycles. The number of nitrogens with one attached hydrogen (secondary N) is 1. The molecule has 7 amide bonds. The first-order chi connectivity index (χ1) is 40.1. The number of thioether (sulfide) groups is 1. The van der Waals surface area contributed by atoms with Gasteiger partial charge in [-0.3, -0.25) is 57.7 Å². The minimum absolute atomic E-state index is 0.0125. The van der Waals surface area contributed by atoms with E-state index < -0.39 is 65.7 Å². The third kappa shape index (κ3) is 18.7. The van der Waals surface area contributed by atoms with Gasteiger partial charge in [-0.15, -0.1) is 23.1 Å². The van der Waals surface area contributed by atoms with Gasteiger partial charge in [-0.1, -0.05) is 89.1 Å². The number of thiazole rings is 1. The number of ketones is 2. The number of nitrogens with two attached hydrogens (primary N) is 1. The molecule has 0 aliphatic carbocycles. The molecule has 9 atom stereocenters. The van der Waals surface area contributed by atoms with Crippen LogP contribution in [0.5, 0.6) is 0 Å². The number of amides is 7. The fraction of sp³-hybridized carbons (Fsp3) is 0.565. The van der Waals surface area contributed by atoms with Gasteiger partial charge in [0.15, 0.2) is 17.7 Å². The molecule has 3 aromatic rings. The van der Waals surface area contributed by atoms with Gasteiger partial charge in [0.05, 0.1) is 12.1 Å². The highest BCUT2D eigenvalue weighted by Gasteiger charge is 2.42. The maximum Gasteiger partial charge on any atom is 0.303 e. The molecule has 3 N–H and O–H groups in total. The quantitative estimate of drug-likeness (QED) is 0.0248. The number of imide groups is 1. The molecule has 0 radical (unpaired) electrons. The molecular weight excluding hydrogens is 1110 g/mol. The number of carbonyl (C=O) groups is 10. The van der Waals surface area contributed by atoms with Gasteiger partial charge in [0.2, 0.25) is 23.6 Å². The molecule has 0 spiro atoms. The molecular formula is C62H85N9O11S2. The van der Waals surface area contributed by atoms with Crippen LogP contribution in [0.25, 0.3) is 0 Å². The molecule has 456 valence electrons. The Labute approximate surface area is 502 Å². The monoisotopic (exact) mass is 1200 g/mol. The van der Waals surface area contributed by atoms with Crippen molar-refractivity contribution < 1.29 is 52.7 Å². The first kappa shape index (κ1) is 66.5. The Morgan fingerprint density at radius 1 is 0.857 bits per heavy atom. The van der Waals surface area contributed by atoms with Crippen molar-refractivity contribution in [2.24, 2.45) is 29.4 Å². The summed E-state index contributed by atoms with van der Waals surface area (Å²) in [5.74, 6) is -4.95. The Morgan fingerprint density at radius 3 is 2.08 bits per heavy atom. The maximum absolute atomic E-state index is 15.0. The zero-order chi connectivity index (χ0) is 61.2. The van der Waals surface area contributed by atoms with Crippen molar-refractivity contribution in [1.82, 2.24) is 39.7 Å². The molecule has 22 heteroatoms. The lowest BCUT2D eigenvalue weighted by Crippen LogP contribution is -2.57. The Morgan fingerprint density at radius 2 is 1.49 bits per heavy atom. The van der Waals surface area contributed by atoms with Gasteiger partial charge in [-0.05, 0) is 62.4 Å². The third-order valence-electron chi connectivity index (χ3n) is 16.3. The second-order valence-corrected chi connectivity index (χ2v) is 24.7. The van der Waals surface area contributed by atoms with Crippen LogP contribution in [0.4, 0.5) is 0 Å². The van der Waals surface area contributed by atoms with Gasteiger partial charge in [0.1, 0.15) is 16.7 Å². The first-order valence-electron chi connectivity index (χ1n) is 29.4. The largest absolute Gasteiger partial charge is 0.455 e. The summed E-state index contributed by atoms with van der Waals surface area (Å²) in [7, 11) is 5.13. The summed E-state index contributed by atoms with van der Waals surface area (Å²) in [6, 6.07) is 16.0. The van der Waals surface area contributed by atoms with E-state index in [-0.39, 0.29) is 130 Å². The number of unbranched alkanes of at least 4 members (excludes halogenated alkanes) is 1. The van der Waals surface area contributed by atoms with E-state index in [1.165, 1.54) is 42.8 Å². The summed E-state index contributed by atoms with van der Waals surface area (Å²) in [6.07, 6.45) is 4.14. The van der Waals surface area contributed by atoms with Crippen molar-refractivity contribution in [1.29, 1.82) is 0 Å². The van der Waals surface area contributed by atoms with E-state index in [4.69, 9.17) is 15.5 Å². The van der Waals surface area contributed by atoms with Crippen LogP contribution in [-0.2, 0) is 54.3 Å². The van der Waals surface area contributed by atoms with E-state index in [0.717, 1.165) is 26.7 Å². The highest BCUT2D eigenvalue weighted by atomic mass is 32.2. The fourth-order valence-electron chi connectivity index (χ4n) is 10.8. The Bertz CT molecular complexity index is 2790. The Balaban J connectivity index is 1.18. The zero-order valence-corrected chi connectivity index (χ0v) is 51.6. The topological polar surface area (TPSA) is 250 Å². The van der Waals surface area contributed by atoms with Gasteiger partial charge < -0.3 is 35.4 Å². The van der Waals surface area contributed by atoms with E-state index in [1.807, 2.05) is 100 Å². The molecule has 2 aromatic carbocycles. The second kappa shape index (κ2) is 32.0. The lowest BCUT2D eigenvalue weighted by molar-refractivity contribution is -0.149. The van der Waals surface area contributed by atoms with Crippen molar-refractivity contribution in [3.63, 3.8) is 0 Å². The number of nitrogens with zero attached hydrogens (tertiary/aromatic N) is 7. The molecule has 0 saturated carbocycles. The van der Waals surface area contributed by atoms with Crippen LogP contribution < -0.4 is 11.1 Å². The van der Waals surface area contributed by atoms with E-state index >= 15 is 0 Å². The highest BCUT2D eigenvalue weighted by Crippen LogP contribution is 2.34. The van der Waals surface area contributed by atoms with Crippen LogP contribution in [0.2, 0.25) is 0 Å². The SMILES string of the molecule is CC[C@H](C)C(CC(=O)C1CN1C)C(=O)N(C)[C@H](C[C@@H](OC(C)=O)c1nc(C(=O)N(C)[C@@H](CSc2ccccc2)C(=O)C[C@H](CCCCN)C(=O)N[C@@H](Cc2ccccc2)C(=O)N2CCN(C(=O)CCCN3C(=O)C=CC3=O)CC2)cs1)C(C)C. The zero-order valence-electron chi connectivity index (χ0n) is 49.9. The van der Waals surface area contributed by atoms with Crippen LogP contribution >= 0.6 is 23.1 Å². The van der Waals surface area contributed by atoms with Crippen molar-refractivity contribution in [2.45, 2.75) is 134 Å². The minimum atomic E-state index is -1.06. The number of likely N-dealkylation sites (N-methyl/N-ethyl adjacent to an activating group) is 2. The van der Waals surface area contributed by atoms with Gasteiger partial charge in [0.25, 0.3) is 17.7 Å². The lowest BCUT2D eigenvalue weighted by atomic mass is 9.84. The van der Waals surface area contributed by atoms with Gasteiger partial charge in [-0.25, -0.2) is 4.98 Å². The number of benzene rings is 2. The summed E-state index contributed by atoms with van der Waals surface area (Å²) in [6.45, 7) is 11.3. The molecule has 2 saturated heterocycles. The minimum Gasteiger partial charge on any atom is -0.455 e. The highest BCUT2D eigenvalue weighted by molar-refractivity contribution is 7.99. The van der Waals surface area contributed by atoms with Crippen molar-refractivity contribution in [2.75, 3.05) is 72.7 Å². The van der Waals surface area contributed by atoms with Gasteiger partial charge >= 0.3 is 5.97 Å². The van der Waals surface area contributed by atoms with Crippen LogP contribution in [-0.4, -0.2) is 190 Å². The number of hydrogen-bond acceptors (Lipinski definition) is 16. The van der Waals surface area contributed by atoms with E-state index in [9.17, 15) is 47.9 Å². The van der Waals surface area contributed by atoms with E-state index in [0.29, 0.717) is 43.8 Å². The number of hydrogen-bond donors (Lipinski definition) is 2. The summed E-state index contributed by atoms with van der Waals surface area (Å²) < 4.78 is 5.90. The van der Waals surface area contributed by atoms with Crippen molar-refractivity contribution >= 4 is 82.0 Å². The number of esters is 1. The molecule has 3 aliphatic heterocycles. The van der Waals surface area contributed by atoms with E-state index in [1.54, 1.807) is 27.1 Å². The summed E-state index contributed by atoms with van der Waals surface area (Å²) in [5, 5.41) is 4.91. The van der Waals surface area contributed by atoms with Crippen LogP contribution in [0.1, 0.15) is 120 Å². The number of Topliss-reactive ketones (excluding diaryl/α,β-unsaturated/α-hetero) is 2. The first-order valence-corrected chi connectivity index (χ1v) is 31.2. The predicted molar refractivity (Wildman–Crippen MR) is 321 cm³/mol. The summed E-state index contributed by atoms with van der Waals surface area (Å²) in [4.78, 5) is 151. The fourth-order valence-corrected chi connectivity index (χ4v) is 12.7. The average molecular weight is 1200 g/mol. The number of rotatable bonds is 33. The smallest absolute Gasteiger partial charge is 0.303 e. The predicted octanol–water partition coefficient (Wildman–Crippen LogP) is 5.60. The van der Waals surface area contributed by atoms with E-state index in [2.05, 4.69) is 5.32 Å². The second-order valence-electron chi connectivity index (χ2n) is 22.7. The van der Waals surface area contributed by atoms with Crippen LogP contribution in [0.15, 0.2) is 83.1 Å². The number of carbonyl (C=O) groups excluding carboxylic acids is 10. The summed E-state index contributed by atoms with van der Waals surface area (Å²) in [5.41, 5.74) is 6.74. The molecule has 84 heavy (non-hydrogen) atoms. The molecule has 3 aliphatic rings. The molecule has 6 rings (SSSR count). The molecule has 2 fully saturated rings. The van der Waals surface area contributed by atoms with Gasteiger partial charge in [-0.2, -0.15) is 0 Å². The maximum atomic E-state index is 15.0. The normalized spacial score (nSPS) is 18.3. The average Bonchev–Trinajstić information content (AvgIpc) is 4.04. The number of piperazine rings is 1. The number of aromatic nitrogens is 1. The Kier molecular flexibility index (Phi) is 25.4. The van der Waals surface area contributed by atoms with Crippen LogP contribution in [0, 0.1) is 23.7 Å².